The van der Waals surface area contributed by atoms with E-state index in [1.165, 1.54) is 17.7 Å². The van der Waals surface area contributed by atoms with Crippen molar-refractivity contribution in [3.05, 3.63) is 47.3 Å². The maximum Gasteiger partial charge on any atom is 0.100 e. The molecule has 6 heteroatoms. The van der Waals surface area contributed by atoms with E-state index in [-0.39, 0.29) is 0 Å². The third-order valence-corrected chi connectivity index (χ3v) is 5.15. The van der Waals surface area contributed by atoms with Gasteiger partial charge >= 0.3 is 0 Å². The highest BCUT2D eigenvalue weighted by Crippen LogP contribution is 2.28. The van der Waals surface area contributed by atoms with E-state index in [0.717, 1.165) is 38.5 Å². The Morgan fingerprint density at radius 3 is 2.96 bits per heavy atom. The second-order valence-electron chi connectivity index (χ2n) is 7.17. The van der Waals surface area contributed by atoms with Gasteiger partial charge in [-0.25, -0.2) is 0 Å². The minimum absolute atomic E-state index is 0.315. The van der Waals surface area contributed by atoms with Gasteiger partial charge in [0.15, 0.2) is 0 Å². The van der Waals surface area contributed by atoms with Gasteiger partial charge in [0.25, 0.3) is 0 Å². The monoisotopic (exact) mass is 342 g/mol. The Labute approximate surface area is 148 Å². The van der Waals surface area contributed by atoms with Crippen molar-refractivity contribution in [1.82, 2.24) is 19.9 Å². The van der Waals surface area contributed by atoms with E-state index >= 15 is 0 Å². The summed E-state index contributed by atoms with van der Waals surface area (Å²) in [5, 5.41) is 8.62. The molecule has 0 N–H and O–H groups in total. The highest BCUT2D eigenvalue weighted by atomic mass is 16.5. The third kappa shape index (κ3) is 3.92. The molecule has 4 rings (SSSR count). The first-order chi connectivity index (χ1) is 12.3. The smallest absolute Gasteiger partial charge is 0.100 e. The molecule has 0 radical (unpaired) electrons. The summed E-state index contributed by atoms with van der Waals surface area (Å²) in [6.07, 6.45) is 1.17. The van der Waals surface area contributed by atoms with E-state index in [9.17, 15) is 0 Å². The Morgan fingerprint density at radius 1 is 1.28 bits per heavy atom. The van der Waals surface area contributed by atoms with Crippen molar-refractivity contribution < 1.29 is 9.47 Å². The molecule has 2 aliphatic rings. The van der Waals surface area contributed by atoms with E-state index in [4.69, 9.17) is 9.47 Å². The molecule has 2 aliphatic heterocycles. The van der Waals surface area contributed by atoms with Crippen LogP contribution in [0.25, 0.3) is 0 Å². The van der Waals surface area contributed by atoms with E-state index in [0.29, 0.717) is 25.0 Å². The highest BCUT2D eigenvalue weighted by Gasteiger charge is 2.31. The number of fused-ring (bicyclic) bond motifs is 1. The summed E-state index contributed by atoms with van der Waals surface area (Å²) < 4.78 is 13.5. The molecular weight excluding hydrogens is 316 g/mol. The number of benzene rings is 1. The summed E-state index contributed by atoms with van der Waals surface area (Å²) in [7, 11) is 1.98. The summed E-state index contributed by atoms with van der Waals surface area (Å²) in [6.45, 7) is 6.09. The lowest BCUT2D eigenvalue weighted by Gasteiger charge is -2.33. The van der Waals surface area contributed by atoms with E-state index < -0.39 is 0 Å². The minimum atomic E-state index is 0.315. The molecule has 25 heavy (non-hydrogen) atoms. The number of rotatable bonds is 6. The fourth-order valence-electron chi connectivity index (χ4n) is 3.95. The number of hydrogen-bond donors (Lipinski definition) is 0. The van der Waals surface area contributed by atoms with Crippen LogP contribution in [0.2, 0.25) is 0 Å². The second kappa shape index (κ2) is 7.64. The van der Waals surface area contributed by atoms with Crippen molar-refractivity contribution in [1.29, 1.82) is 0 Å². The van der Waals surface area contributed by atoms with Gasteiger partial charge in [-0.05, 0) is 17.9 Å². The average Bonchev–Trinajstić information content (AvgIpc) is 3.26. The molecule has 134 valence electrons. The SMILES string of the molecule is Cn1nnc2c1C(COCc1ccccc1)CN(CC1CCOC1)C2. The van der Waals surface area contributed by atoms with Gasteiger partial charge in [-0.1, -0.05) is 35.5 Å². The molecule has 2 atom stereocenters. The van der Waals surface area contributed by atoms with Gasteiger partial charge < -0.3 is 9.47 Å². The summed E-state index contributed by atoms with van der Waals surface area (Å²) in [5.41, 5.74) is 3.54. The molecule has 2 aromatic rings. The topological polar surface area (TPSA) is 52.4 Å². The molecule has 0 spiro atoms. The van der Waals surface area contributed by atoms with Gasteiger partial charge in [-0.3, -0.25) is 9.58 Å². The Morgan fingerprint density at radius 2 is 2.16 bits per heavy atom. The summed E-state index contributed by atoms with van der Waals surface area (Å²) in [6, 6.07) is 10.3. The molecule has 0 bridgehead atoms. The first-order valence-corrected chi connectivity index (χ1v) is 9.10. The average molecular weight is 342 g/mol. The quantitative estimate of drug-likeness (QED) is 0.803. The van der Waals surface area contributed by atoms with Gasteiger partial charge in [0.05, 0.1) is 25.5 Å². The number of aromatic nitrogens is 3. The van der Waals surface area contributed by atoms with Gasteiger partial charge in [-0.15, -0.1) is 5.10 Å². The molecule has 0 aliphatic carbocycles. The van der Waals surface area contributed by atoms with Crippen LogP contribution in [-0.2, 0) is 29.7 Å². The Balaban J connectivity index is 1.40. The zero-order chi connectivity index (χ0) is 17.1. The molecule has 3 heterocycles. The van der Waals surface area contributed by atoms with Crippen molar-refractivity contribution >= 4 is 0 Å². The van der Waals surface area contributed by atoms with Crippen LogP contribution in [0.1, 0.15) is 29.3 Å². The molecular formula is C19H26N4O2. The first-order valence-electron chi connectivity index (χ1n) is 9.10. The molecule has 1 aromatic carbocycles. The van der Waals surface area contributed by atoms with Crippen LogP contribution in [0.15, 0.2) is 30.3 Å². The van der Waals surface area contributed by atoms with E-state index in [1.54, 1.807) is 0 Å². The van der Waals surface area contributed by atoms with Crippen LogP contribution in [0.3, 0.4) is 0 Å². The van der Waals surface area contributed by atoms with E-state index in [2.05, 4.69) is 27.3 Å². The number of nitrogens with zero attached hydrogens (tertiary/aromatic N) is 4. The first kappa shape index (κ1) is 16.7. The summed E-state index contributed by atoms with van der Waals surface area (Å²) in [5.74, 6) is 0.957. The number of aryl methyl sites for hydroxylation is 1. The largest absolute Gasteiger partial charge is 0.381 e. The Hall–Kier alpha value is -1.76. The lowest BCUT2D eigenvalue weighted by molar-refractivity contribution is 0.0794. The minimum Gasteiger partial charge on any atom is -0.381 e. The van der Waals surface area contributed by atoms with Crippen LogP contribution < -0.4 is 0 Å². The van der Waals surface area contributed by atoms with Gasteiger partial charge in [0.2, 0.25) is 0 Å². The molecule has 1 fully saturated rings. The summed E-state index contributed by atoms with van der Waals surface area (Å²) >= 11 is 0. The summed E-state index contributed by atoms with van der Waals surface area (Å²) in [4.78, 5) is 2.49. The number of hydrogen-bond acceptors (Lipinski definition) is 5. The van der Waals surface area contributed by atoms with Crippen molar-refractivity contribution in [2.24, 2.45) is 13.0 Å². The van der Waals surface area contributed by atoms with E-state index in [1.807, 2.05) is 29.9 Å². The van der Waals surface area contributed by atoms with Crippen molar-refractivity contribution in [2.75, 3.05) is 32.9 Å². The van der Waals surface area contributed by atoms with Crippen molar-refractivity contribution in [2.45, 2.75) is 25.5 Å². The van der Waals surface area contributed by atoms with Crippen LogP contribution in [0.5, 0.6) is 0 Å². The van der Waals surface area contributed by atoms with Crippen LogP contribution in [0, 0.1) is 5.92 Å². The second-order valence-corrected chi connectivity index (χ2v) is 7.17. The molecule has 1 saturated heterocycles. The zero-order valence-corrected chi connectivity index (χ0v) is 14.8. The molecule has 6 nitrogen and oxygen atoms in total. The molecule has 2 unspecified atom stereocenters. The van der Waals surface area contributed by atoms with Crippen LogP contribution >= 0.6 is 0 Å². The van der Waals surface area contributed by atoms with Crippen LogP contribution in [0.4, 0.5) is 0 Å². The van der Waals surface area contributed by atoms with Crippen LogP contribution in [-0.4, -0.2) is 52.8 Å². The lowest BCUT2D eigenvalue weighted by atomic mass is 9.97. The molecule has 0 amide bonds. The van der Waals surface area contributed by atoms with Gasteiger partial charge in [-0.2, -0.15) is 0 Å². The lowest BCUT2D eigenvalue weighted by Crippen LogP contribution is -2.39. The normalized spacial score (nSPS) is 23.7. The Kier molecular flexibility index (Phi) is 5.10. The standard InChI is InChI=1S/C19H26N4O2/c1-22-19-17(14-25-12-15-5-3-2-4-6-15)10-23(11-18(19)20-21-22)9-16-7-8-24-13-16/h2-6,16-17H,7-14H2,1H3. The highest BCUT2D eigenvalue weighted by molar-refractivity contribution is 5.20. The predicted octanol–water partition coefficient (Wildman–Crippen LogP) is 1.97. The van der Waals surface area contributed by atoms with Gasteiger partial charge in [0.1, 0.15) is 5.69 Å². The zero-order valence-electron chi connectivity index (χ0n) is 14.8. The third-order valence-electron chi connectivity index (χ3n) is 5.15. The predicted molar refractivity (Wildman–Crippen MR) is 94.0 cm³/mol. The maximum absolute atomic E-state index is 6.04. The van der Waals surface area contributed by atoms with Crippen molar-refractivity contribution in [3.63, 3.8) is 0 Å². The van der Waals surface area contributed by atoms with Crippen molar-refractivity contribution in [3.8, 4) is 0 Å². The Bertz CT molecular complexity index is 682. The number of ether oxygens (including phenoxy) is 2. The van der Waals surface area contributed by atoms with Gasteiger partial charge in [0, 0.05) is 39.2 Å². The fraction of sp³-hybridized carbons (Fsp3) is 0.579. The fourth-order valence-corrected chi connectivity index (χ4v) is 3.95. The molecule has 0 saturated carbocycles. The molecule has 1 aromatic heterocycles. The maximum atomic E-state index is 6.04.